The van der Waals surface area contributed by atoms with Crippen LogP contribution in [0.4, 0.5) is 0 Å². The van der Waals surface area contributed by atoms with Crippen LogP contribution >= 0.6 is 0 Å². The molecule has 0 fully saturated rings. The number of rotatable bonds is 62. The quantitative estimate of drug-likeness (QED) is 0.0420. The molecule has 0 aliphatic heterocycles. The van der Waals surface area contributed by atoms with Gasteiger partial charge in [0.25, 0.3) is 0 Å². The summed E-state index contributed by atoms with van der Waals surface area (Å²) in [6.45, 7) is 4.27. The molecule has 0 bridgehead atoms. The van der Waals surface area contributed by atoms with Gasteiger partial charge in [0.05, 0.1) is 18.8 Å². The van der Waals surface area contributed by atoms with E-state index in [0.717, 1.165) is 77.0 Å². The van der Waals surface area contributed by atoms with Crippen molar-refractivity contribution in [2.45, 2.75) is 353 Å². The number of aliphatic hydroxyl groups is 2. The Morgan fingerprint density at radius 1 is 0.325 bits per heavy atom. The average molecular weight is 1070 g/mol. The molecule has 0 aliphatic carbocycles. The van der Waals surface area contributed by atoms with Crippen molar-refractivity contribution in [1.29, 1.82) is 0 Å². The molecular formula is C73H131NO3. The third-order valence-electron chi connectivity index (χ3n) is 15.4. The summed E-state index contributed by atoms with van der Waals surface area (Å²) in [6.07, 6.45) is 100. The Labute approximate surface area is 481 Å². The second-order valence-corrected chi connectivity index (χ2v) is 22.9. The normalized spacial score (nSPS) is 13.4. The number of aliphatic hydroxyl groups excluding tert-OH is 2. The van der Waals surface area contributed by atoms with Gasteiger partial charge in [0.15, 0.2) is 0 Å². The second-order valence-electron chi connectivity index (χ2n) is 22.9. The molecule has 3 N–H and O–H groups in total. The van der Waals surface area contributed by atoms with Crippen molar-refractivity contribution >= 4 is 5.91 Å². The molecule has 4 nitrogen and oxygen atoms in total. The highest BCUT2D eigenvalue weighted by Gasteiger charge is 2.20. The fraction of sp³-hybridized carbons (Fsp3) is 0.767. The monoisotopic (exact) mass is 1070 g/mol. The fourth-order valence-corrected chi connectivity index (χ4v) is 10.3. The van der Waals surface area contributed by atoms with Crippen LogP contribution in [0, 0.1) is 0 Å². The van der Waals surface area contributed by atoms with Gasteiger partial charge in [-0.1, -0.05) is 355 Å². The molecule has 0 aromatic carbocycles. The second kappa shape index (κ2) is 67.6. The van der Waals surface area contributed by atoms with Crippen molar-refractivity contribution in [3.63, 3.8) is 0 Å². The molecular weight excluding hydrogens is 939 g/mol. The van der Waals surface area contributed by atoms with E-state index >= 15 is 0 Å². The van der Waals surface area contributed by atoms with E-state index in [1.54, 1.807) is 0 Å². The first-order chi connectivity index (χ1) is 38.2. The Morgan fingerprint density at radius 2 is 0.571 bits per heavy atom. The lowest BCUT2D eigenvalue weighted by Gasteiger charge is -2.22. The van der Waals surface area contributed by atoms with Gasteiger partial charge in [-0.2, -0.15) is 0 Å². The number of allylic oxidation sites excluding steroid dienone is 16. The van der Waals surface area contributed by atoms with E-state index in [4.69, 9.17) is 0 Å². The van der Waals surface area contributed by atoms with Crippen molar-refractivity contribution in [1.82, 2.24) is 5.32 Å². The molecule has 446 valence electrons. The number of hydrogen-bond acceptors (Lipinski definition) is 3. The molecule has 2 atom stereocenters. The van der Waals surface area contributed by atoms with Gasteiger partial charge in [-0.3, -0.25) is 4.79 Å². The third-order valence-corrected chi connectivity index (χ3v) is 15.4. The van der Waals surface area contributed by atoms with Crippen molar-refractivity contribution in [2.75, 3.05) is 6.61 Å². The summed E-state index contributed by atoms with van der Waals surface area (Å²) in [6, 6.07) is -0.543. The van der Waals surface area contributed by atoms with Crippen LogP contribution in [0.3, 0.4) is 0 Å². The minimum atomic E-state index is -0.666. The standard InChI is InChI=1S/C73H131NO3/c1-3-5-7-9-11-13-15-17-19-21-23-25-27-29-31-32-33-34-35-36-37-38-39-40-41-42-43-45-47-49-51-53-55-57-59-61-63-65-67-69-73(77)74-71(70-75)72(76)68-66-64-62-60-58-56-54-52-50-48-46-44-30-28-26-24-22-20-18-16-14-12-10-8-6-4-2/h5,7,11,13,17,19,23,25,29,31,33-34,36-37,39-40,71-72,75-76H,3-4,6,8-10,12,14-16,18,20-22,24,26-28,30,32,35,38,41-70H2,1-2H3,(H,74,77)/b7-5-,13-11-,19-17-,25-23-,31-29-,34-33-,37-36-,40-39-. The number of amides is 1. The molecule has 4 heteroatoms. The van der Waals surface area contributed by atoms with Gasteiger partial charge in [-0.05, 0) is 77.0 Å². The van der Waals surface area contributed by atoms with Gasteiger partial charge in [0.2, 0.25) is 5.91 Å². The van der Waals surface area contributed by atoms with Gasteiger partial charge >= 0.3 is 0 Å². The first-order valence-electron chi connectivity index (χ1n) is 33.9. The lowest BCUT2D eigenvalue weighted by Crippen LogP contribution is -2.45. The number of carbonyl (C=O) groups excluding carboxylic acids is 1. The summed E-state index contributed by atoms with van der Waals surface area (Å²) >= 11 is 0. The van der Waals surface area contributed by atoms with Crippen LogP contribution in [0.15, 0.2) is 97.2 Å². The van der Waals surface area contributed by atoms with Crippen LogP contribution in [0.25, 0.3) is 0 Å². The molecule has 0 aromatic heterocycles. The minimum Gasteiger partial charge on any atom is -0.394 e. The van der Waals surface area contributed by atoms with E-state index in [0.29, 0.717) is 12.8 Å². The third kappa shape index (κ3) is 64.0. The number of unbranched alkanes of at least 4 members (excludes halogenated alkanes) is 39. The lowest BCUT2D eigenvalue weighted by atomic mass is 10.0. The Balaban J connectivity index is 3.48. The maximum Gasteiger partial charge on any atom is 0.220 e. The van der Waals surface area contributed by atoms with E-state index < -0.39 is 12.1 Å². The van der Waals surface area contributed by atoms with Crippen molar-refractivity contribution in [3.05, 3.63) is 97.2 Å². The van der Waals surface area contributed by atoms with E-state index in [2.05, 4.69) is 116 Å². The van der Waals surface area contributed by atoms with Crippen LogP contribution in [0.2, 0.25) is 0 Å². The Bertz CT molecular complexity index is 1400. The maximum atomic E-state index is 12.6. The smallest absolute Gasteiger partial charge is 0.220 e. The molecule has 0 saturated carbocycles. The molecule has 0 radical (unpaired) electrons. The van der Waals surface area contributed by atoms with E-state index in [-0.39, 0.29) is 12.5 Å². The van der Waals surface area contributed by atoms with Gasteiger partial charge in [-0.15, -0.1) is 0 Å². The highest BCUT2D eigenvalue weighted by Crippen LogP contribution is 2.18. The summed E-state index contributed by atoms with van der Waals surface area (Å²) in [7, 11) is 0. The van der Waals surface area contributed by atoms with Gasteiger partial charge in [-0.25, -0.2) is 0 Å². The topological polar surface area (TPSA) is 69.6 Å². The molecule has 0 heterocycles. The van der Waals surface area contributed by atoms with Gasteiger partial charge in [0.1, 0.15) is 0 Å². The maximum absolute atomic E-state index is 12.6. The Kier molecular flexibility index (Phi) is 65.2. The minimum absolute atomic E-state index is 0.0303. The summed E-state index contributed by atoms with van der Waals surface area (Å²) in [5.41, 5.74) is 0. The number of carbonyl (C=O) groups is 1. The summed E-state index contributed by atoms with van der Waals surface area (Å²) < 4.78 is 0. The molecule has 0 aromatic rings. The van der Waals surface area contributed by atoms with Crippen LogP contribution in [0.1, 0.15) is 341 Å². The Morgan fingerprint density at radius 3 is 0.857 bits per heavy atom. The molecule has 77 heavy (non-hydrogen) atoms. The van der Waals surface area contributed by atoms with Crippen molar-refractivity contribution in [3.8, 4) is 0 Å². The Hall–Kier alpha value is -2.69. The van der Waals surface area contributed by atoms with E-state index in [1.165, 1.54) is 238 Å². The zero-order valence-electron chi connectivity index (χ0n) is 51.5. The lowest BCUT2D eigenvalue weighted by molar-refractivity contribution is -0.123. The molecule has 0 spiro atoms. The molecule has 2 unspecified atom stereocenters. The molecule has 0 rings (SSSR count). The van der Waals surface area contributed by atoms with E-state index in [1.807, 2.05) is 0 Å². The average Bonchev–Trinajstić information content (AvgIpc) is 3.43. The predicted molar refractivity (Wildman–Crippen MR) is 345 cm³/mol. The SMILES string of the molecule is CC/C=C\C/C=C\C/C=C\C/C=C\C/C=C\C/C=C\C/C=C\C/C=C\CCCCCCCCCCCCCCCCC(=O)NC(CO)C(O)CCCCCCCCCCCCCCCCCCCCCCCCCCCC. The van der Waals surface area contributed by atoms with Gasteiger partial charge < -0.3 is 15.5 Å². The zero-order valence-corrected chi connectivity index (χ0v) is 51.5. The van der Waals surface area contributed by atoms with E-state index in [9.17, 15) is 15.0 Å². The van der Waals surface area contributed by atoms with Gasteiger partial charge in [0, 0.05) is 6.42 Å². The highest BCUT2D eigenvalue weighted by atomic mass is 16.3. The zero-order chi connectivity index (χ0) is 55.5. The molecule has 0 aliphatic rings. The predicted octanol–water partition coefficient (Wildman–Crippen LogP) is 23.2. The summed E-state index contributed by atoms with van der Waals surface area (Å²) in [4.78, 5) is 12.6. The fourth-order valence-electron chi connectivity index (χ4n) is 10.3. The summed E-state index contributed by atoms with van der Waals surface area (Å²) in [5, 5.41) is 23.5. The van der Waals surface area contributed by atoms with Crippen molar-refractivity contribution in [2.24, 2.45) is 0 Å². The van der Waals surface area contributed by atoms with Crippen LogP contribution in [-0.2, 0) is 4.79 Å². The van der Waals surface area contributed by atoms with Crippen molar-refractivity contribution < 1.29 is 15.0 Å². The number of nitrogens with one attached hydrogen (secondary N) is 1. The highest BCUT2D eigenvalue weighted by molar-refractivity contribution is 5.76. The molecule has 1 amide bonds. The van der Waals surface area contributed by atoms with Crippen LogP contribution < -0.4 is 5.32 Å². The first-order valence-corrected chi connectivity index (χ1v) is 33.9. The summed E-state index contributed by atoms with van der Waals surface area (Å²) in [5.74, 6) is -0.0303. The largest absolute Gasteiger partial charge is 0.394 e. The number of hydrogen-bond donors (Lipinski definition) is 3. The van der Waals surface area contributed by atoms with Crippen LogP contribution in [-0.4, -0.2) is 34.9 Å². The molecule has 0 saturated heterocycles. The first kappa shape index (κ1) is 74.3. The van der Waals surface area contributed by atoms with Crippen LogP contribution in [0.5, 0.6) is 0 Å².